The third kappa shape index (κ3) is 2.56. The highest BCUT2D eigenvalue weighted by molar-refractivity contribution is 5.46. The molecule has 0 bridgehead atoms. The molecular weight excluding hydrogens is 290 g/mol. The summed E-state index contributed by atoms with van der Waals surface area (Å²) < 4.78 is 7.34. The molecule has 6 heteroatoms. The van der Waals surface area contributed by atoms with Crippen LogP contribution in [0.15, 0.2) is 49.2 Å². The van der Waals surface area contributed by atoms with Crippen LogP contribution >= 0.6 is 0 Å². The molecule has 1 N–H and O–H groups in total. The fourth-order valence-electron chi connectivity index (χ4n) is 3.15. The summed E-state index contributed by atoms with van der Waals surface area (Å²) in [7, 11) is 1.68. The van der Waals surface area contributed by atoms with Gasteiger partial charge in [-0.2, -0.15) is 0 Å². The van der Waals surface area contributed by atoms with Crippen molar-refractivity contribution in [2.45, 2.75) is 12.3 Å². The second kappa shape index (κ2) is 5.79. The number of rotatable bonds is 4. The van der Waals surface area contributed by atoms with E-state index < -0.39 is 0 Å². The van der Waals surface area contributed by atoms with Crippen molar-refractivity contribution in [1.82, 2.24) is 19.5 Å². The first-order valence-electron chi connectivity index (χ1n) is 7.76. The SMILES string of the molecule is COc1ccc(-n2ccnc2N2CCC(c3c[nH]cn3)C2)cc1. The van der Waals surface area contributed by atoms with Crippen LogP contribution in [0.2, 0.25) is 0 Å². The Morgan fingerprint density at radius 1 is 1.22 bits per heavy atom. The number of hydrogen-bond acceptors (Lipinski definition) is 4. The highest BCUT2D eigenvalue weighted by Crippen LogP contribution is 2.30. The molecule has 0 radical (unpaired) electrons. The van der Waals surface area contributed by atoms with Crippen LogP contribution in [0.25, 0.3) is 5.69 Å². The minimum atomic E-state index is 0.460. The molecule has 0 aliphatic carbocycles. The molecule has 2 aromatic heterocycles. The van der Waals surface area contributed by atoms with Crippen LogP contribution in [-0.4, -0.2) is 39.7 Å². The fourth-order valence-corrected chi connectivity index (χ4v) is 3.15. The normalized spacial score (nSPS) is 17.6. The minimum Gasteiger partial charge on any atom is -0.497 e. The number of ether oxygens (including phenoxy) is 1. The molecule has 1 atom stereocenters. The molecule has 1 aliphatic heterocycles. The summed E-state index contributed by atoms with van der Waals surface area (Å²) in [4.78, 5) is 14.3. The maximum atomic E-state index is 5.23. The van der Waals surface area contributed by atoms with Crippen molar-refractivity contribution in [1.29, 1.82) is 0 Å². The van der Waals surface area contributed by atoms with E-state index in [0.717, 1.165) is 42.6 Å². The first-order valence-corrected chi connectivity index (χ1v) is 7.76. The highest BCUT2D eigenvalue weighted by atomic mass is 16.5. The molecule has 0 saturated carbocycles. The second-order valence-corrected chi connectivity index (χ2v) is 5.72. The van der Waals surface area contributed by atoms with E-state index in [0.29, 0.717) is 5.92 Å². The zero-order valence-corrected chi connectivity index (χ0v) is 13.0. The molecule has 1 unspecified atom stereocenters. The smallest absolute Gasteiger partial charge is 0.210 e. The standard InChI is InChI=1S/C17H19N5O/c1-23-15-4-2-14(3-5-15)22-9-7-19-17(22)21-8-6-13(11-21)16-10-18-12-20-16/h2-5,7,9-10,12-13H,6,8,11H2,1H3,(H,18,20). The summed E-state index contributed by atoms with van der Waals surface area (Å²) in [5.74, 6) is 2.30. The summed E-state index contributed by atoms with van der Waals surface area (Å²) in [5.41, 5.74) is 2.22. The lowest BCUT2D eigenvalue weighted by atomic mass is 10.1. The lowest BCUT2D eigenvalue weighted by Crippen LogP contribution is -2.22. The fraction of sp³-hybridized carbons (Fsp3) is 0.294. The average Bonchev–Trinajstić information content (AvgIpc) is 3.34. The number of methoxy groups -OCH3 is 1. The van der Waals surface area contributed by atoms with Gasteiger partial charge in [0.05, 0.1) is 19.1 Å². The number of aromatic amines is 1. The van der Waals surface area contributed by atoms with Gasteiger partial charge in [-0.15, -0.1) is 0 Å². The van der Waals surface area contributed by atoms with E-state index >= 15 is 0 Å². The minimum absolute atomic E-state index is 0.460. The van der Waals surface area contributed by atoms with E-state index in [1.54, 1.807) is 13.4 Å². The van der Waals surface area contributed by atoms with Crippen molar-refractivity contribution in [2.75, 3.05) is 25.1 Å². The van der Waals surface area contributed by atoms with Crippen LogP contribution in [0.3, 0.4) is 0 Å². The number of hydrogen-bond donors (Lipinski definition) is 1. The number of benzene rings is 1. The molecule has 23 heavy (non-hydrogen) atoms. The molecule has 0 spiro atoms. The number of nitrogens with one attached hydrogen (secondary N) is 1. The summed E-state index contributed by atoms with van der Waals surface area (Å²) in [6.45, 7) is 1.93. The van der Waals surface area contributed by atoms with Crippen LogP contribution < -0.4 is 9.64 Å². The maximum absolute atomic E-state index is 5.23. The highest BCUT2D eigenvalue weighted by Gasteiger charge is 2.27. The molecule has 1 aliphatic rings. The third-order valence-electron chi connectivity index (χ3n) is 4.38. The van der Waals surface area contributed by atoms with Crippen LogP contribution in [0.4, 0.5) is 5.95 Å². The largest absolute Gasteiger partial charge is 0.497 e. The summed E-state index contributed by atoms with van der Waals surface area (Å²) in [6.07, 6.45) is 8.68. The van der Waals surface area contributed by atoms with Gasteiger partial charge in [0.2, 0.25) is 5.95 Å². The van der Waals surface area contributed by atoms with Crippen molar-refractivity contribution in [3.8, 4) is 11.4 Å². The number of nitrogens with zero attached hydrogens (tertiary/aromatic N) is 4. The van der Waals surface area contributed by atoms with Gasteiger partial charge >= 0.3 is 0 Å². The Balaban J connectivity index is 1.57. The van der Waals surface area contributed by atoms with Gasteiger partial charge in [0.25, 0.3) is 0 Å². The van der Waals surface area contributed by atoms with Crippen LogP contribution in [0, 0.1) is 0 Å². The van der Waals surface area contributed by atoms with Gasteiger partial charge < -0.3 is 14.6 Å². The Kier molecular flexibility index (Phi) is 3.49. The Morgan fingerprint density at radius 3 is 2.83 bits per heavy atom. The lowest BCUT2D eigenvalue weighted by Gasteiger charge is -2.19. The lowest BCUT2D eigenvalue weighted by molar-refractivity contribution is 0.414. The molecule has 1 saturated heterocycles. The van der Waals surface area contributed by atoms with Crippen molar-refractivity contribution in [2.24, 2.45) is 0 Å². The summed E-state index contributed by atoms with van der Waals surface area (Å²) in [5, 5.41) is 0. The summed E-state index contributed by atoms with van der Waals surface area (Å²) in [6, 6.07) is 8.03. The van der Waals surface area contributed by atoms with Gasteiger partial charge in [-0.3, -0.25) is 4.57 Å². The quantitative estimate of drug-likeness (QED) is 0.805. The molecule has 3 aromatic rings. The monoisotopic (exact) mass is 309 g/mol. The first kappa shape index (κ1) is 13.9. The van der Waals surface area contributed by atoms with Crippen molar-refractivity contribution < 1.29 is 4.74 Å². The van der Waals surface area contributed by atoms with Gasteiger partial charge in [0, 0.05) is 43.3 Å². The van der Waals surface area contributed by atoms with E-state index in [2.05, 4.69) is 24.4 Å². The predicted octanol–water partition coefficient (Wildman–Crippen LogP) is 2.60. The number of H-pyrrole nitrogens is 1. The van der Waals surface area contributed by atoms with Crippen LogP contribution in [0.5, 0.6) is 5.75 Å². The van der Waals surface area contributed by atoms with E-state index in [-0.39, 0.29) is 0 Å². The average molecular weight is 309 g/mol. The first-order chi connectivity index (χ1) is 11.3. The maximum Gasteiger partial charge on any atom is 0.210 e. The van der Waals surface area contributed by atoms with Gasteiger partial charge in [-0.25, -0.2) is 9.97 Å². The van der Waals surface area contributed by atoms with E-state index in [1.807, 2.05) is 42.9 Å². The van der Waals surface area contributed by atoms with Gasteiger partial charge in [-0.1, -0.05) is 0 Å². The van der Waals surface area contributed by atoms with Gasteiger partial charge in [0.1, 0.15) is 5.75 Å². The Morgan fingerprint density at radius 2 is 2.09 bits per heavy atom. The molecule has 3 heterocycles. The number of imidazole rings is 2. The zero-order valence-electron chi connectivity index (χ0n) is 13.0. The number of anilines is 1. The van der Waals surface area contributed by atoms with Crippen molar-refractivity contribution in [3.05, 3.63) is 54.9 Å². The van der Waals surface area contributed by atoms with Crippen LogP contribution in [0.1, 0.15) is 18.0 Å². The van der Waals surface area contributed by atoms with Gasteiger partial charge in [-0.05, 0) is 30.7 Å². The molecular formula is C17H19N5O. The molecule has 4 rings (SSSR count). The molecule has 118 valence electrons. The van der Waals surface area contributed by atoms with Crippen molar-refractivity contribution in [3.63, 3.8) is 0 Å². The second-order valence-electron chi connectivity index (χ2n) is 5.72. The van der Waals surface area contributed by atoms with E-state index in [9.17, 15) is 0 Å². The molecule has 0 amide bonds. The zero-order chi connectivity index (χ0) is 15.6. The van der Waals surface area contributed by atoms with E-state index in [4.69, 9.17) is 4.74 Å². The molecule has 1 fully saturated rings. The number of aromatic nitrogens is 4. The Hall–Kier alpha value is -2.76. The Bertz CT molecular complexity index is 763. The molecule has 1 aromatic carbocycles. The third-order valence-corrected chi connectivity index (χ3v) is 4.38. The predicted molar refractivity (Wildman–Crippen MR) is 88.3 cm³/mol. The van der Waals surface area contributed by atoms with Crippen molar-refractivity contribution >= 4 is 5.95 Å². The Labute approximate surface area is 134 Å². The topological polar surface area (TPSA) is 59.0 Å². The molecule has 6 nitrogen and oxygen atoms in total. The van der Waals surface area contributed by atoms with Crippen LogP contribution in [-0.2, 0) is 0 Å². The summed E-state index contributed by atoms with van der Waals surface area (Å²) >= 11 is 0. The van der Waals surface area contributed by atoms with Gasteiger partial charge in [0.15, 0.2) is 0 Å². The van der Waals surface area contributed by atoms with E-state index in [1.165, 1.54) is 0 Å².